The van der Waals surface area contributed by atoms with Gasteiger partial charge in [0, 0.05) is 40.9 Å². The van der Waals surface area contributed by atoms with Crippen molar-refractivity contribution in [1.82, 2.24) is 4.98 Å². The minimum absolute atomic E-state index is 0.0770. The molecule has 31 heavy (non-hydrogen) atoms. The van der Waals surface area contributed by atoms with Crippen LogP contribution in [-0.4, -0.2) is 42.1 Å². The van der Waals surface area contributed by atoms with Gasteiger partial charge in [-0.1, -0.05) is 30.3 Å². The molecule has 0 atom stereocenters. The number of hydrogen-bond donors (Lipinski definition) is 3. The van der Waals surface area contributed by atoms with Crippen LogP contribution in [0.3, 0.4) is 0 Å². The highest BCUT2D eigenvalue weighted by Crippen LogP contribution is 2.33. The fourth-order valence-corrected chi connectivity index (χ4v) is 3.98. The second-order valence-corrected chi connectivity index (χ2v) is 7.60. The maximum atomic E-state index is 10.8. The Bertz CT molecular complexity index is 1220. The average molecular weight is 412 g/mol. The molecule has 1 fully saturated rings. The van der Waals surface area contributed by atoms with Crippen LogP contribution in [0.1, 0.15) is 11.1 Å². The average Bonchev–Trinajstić information content (AvgIpc) is 3.14. The van der Waals surface area contributed by atoms with E-state index in [9.17, 15) is 5.11 Å². The Labute approximate surface area is 180 Å². The third-order valence-electron chi connectivity index (χ3n) is 5.55. The Balaban J connectivity index is 1.60. The summed E-state index contributed by atoms with van der Waals surface area (Å²) in [7, 11) is 0. The van der Waals surface area contributed by atoms with Gasteiger partial charge < -0.3 is 25.5 Å². The van der Waals surface area contributed by atoms with Gasteiger partial charge in [0.2, 0.25) is 0 Å². The van der Waals surface area contributed by atoms with Gasteiger partial charge >= 0.3 is 0 Å². The van der Waals surface area contributed by atoms with E-state index in [0.717, 1.165) is 54.1 Å². The lowest BCUT2D eigenvalue weighted by atomic mass is 10.0. The van der Waals surface area contributed by atoms with Crippen molar-refractivity contribution in [1.29, 1.82) is 0 Å². The zero-order valence-electron chi connectivity index (χ0n) is 17.1. The number of H-pyrrole nitrogens is 1. The van der Waals surface area contributed by atoms with E-state index in [1.807, 2.05) is 60.7 Å². The Morgan fingerprint density at radius 1 is 0.968 bits per heavy atom. The fraction of sp³-hybridized carbons (Fsp3) is 0.160. The number of aliphatic imine (C=N–C) groups is 1. The van der Waals surface area contributed by atoms with Crippen LogP contribution in [0.2, 0.25) is 0 Å². The van der Waals surface area contributed by atoms with Gasteiger partial charge in [0.1, 0.15) is 0 Å². The third-order valence-corrected chi connectivity index (χ3v) is 5.55. The van der Waals surface area contributed by atoms with Gasteiger partial charge in [-0.05, 0) is 42.5 Å². The number of nitrogen functional groups attached to an aromatic ring is 1. The van der Waals surface area contributed by atoms with Crippen LogP contribution in [0.5, 0.6) is 5.88 Å². The molecule has 1 aliphatic heterocycles. The third kappa shape index (κ3) is 3.85. The SMILES string of the molecule is Nc1ccc2[nH]c(O)c(C(=Nc3ccc(N4CCOCC4)cc3)c3ccccc3)c2c1. The largest absolute Gasteiger partial charge is 0.494 e. The van der Waals surface area contributed by atoms with E-state index < -0.39 is 0 Å². The van der Waals surface area contributed by atoms with Crippen molar-refractivity contribution in [3.63, 3.8) is 0 Å². The number of anilines is 2. The highest BCUT2D eigenvalue weighted by atomic mass is 16.5. The number of fused-ring (bicyclic) bond motifs is 1. The molecule has 3 aromatic carbocycles. The standard InChI is InChI=1S/C25H24N4O2/c26-18-6-11-22-21(16-18)23(25(30)28-22)24(17-4-2-1-3-5-17)27-19-7-9-20(10-8-19)29-12-14-31-15-13-29/h1-11,16,28,30H,12-15,26H2. The normalized spacial score (nSPS) is 14.8. The molecule has 6 heteroatoms. The monoisotopic (exact) mass is 412 g/mol. The second kappa shape index (κ2) is 8.16. The van der Waals surface area contributed by atoms with Gasteiger partial charge in [-0.15, -0.1) is 0 Å². The summed E-state index contributed by atoms with van der Waals surface area (Å²) < 4.78 is 5.44. The second-order valence-electron chi connectivity index (χ2n) is 7.60. The molecule has 1 aliphatic rings. The maximum Gasteiger partial charge on any atom is 0.199 e. The van der Waals surface area contributed by atoms with E-state index in [-0.39, 0.29) is 5.88 Å². The molecule has 6 nitrogen and oxygen atoms in total. The highest BCUT2D eigenvalue weighted by Gasteiger charge is 2.19. The van der Waals surface area contributed by atoms with Gasteiger partial charge in [-0.2, -0.15) is 0 Å². The minimum atomic E-state index is 0.0770. The lowest BCUT2D eigenvalue weighted by Gasteiger charge is -2.28. The van der Waals surface area contributed by atoms with E-state index >= 15 is 0 Å². The van der Waals surface area contributed by atoms with E-state index in [4.69, 9.17) is 15.5 Å². The lowest BCUT2D eigenvalue weighted by Crippen LogP contribution is -2.36. The van der Waals surface area contributed by atoms with Crippen LogP contribution in [0, 0.1) is 0 Å². The zero-order chi connectivity index (χ0) is 21.2. The molecule has 0 saturated carbocycles. The Morgan fingerprint density at radius 2 is 1.71 bits per heavy atom. The number of ether oxygens (including phenoxy) is 1. The van der Waals surface area contributed by atoms with Crippen LogP contribution in [-0.2, 0) is 4.74 Å². The molecular formula is C25H24N4O2. The predicted molar refractivity (Wildman–Crippen MR) is 126 cm³/mol. The van der Waals surface area contributed by atoms with Crippen LogP contribution in [0.4, 0.5) is 17.1 Å². The van der Waals surface area contributed by atoms with Gasteiger partial charge in [-0.3, -0.25) is 0 Å². The first-order valence-electron chi connectivity index (χ1n) is 10.4. The summed E-state index contributed by atoms with van der Waals surface area (Å²) in [5.74, 6) is 0.0770. The molecule has 0 spiro atoms. The molecular weight excluding hydrogens is 388 g/mol. The minimum Gasteiger partial charge on any atom is -0.494 e. The molecule has 156 valence electrons. The van der Waals surface area contributed by atoms with Crippen molar-refractivity contribution in [2.24, 2.45) is 4.99 Å². The number of nitrogens with two attached hydrogens (primary N) is 1. The predicted octanol–water partition coefficient (Wildman–Crippen LogP) is 4.46. The van der Waals surface area contributed by atoms with E-state index in [1.165, 1.54) is 0 Å². The number of benzene rings is 3. The van der Waals surface area contributed by atoms with Crippen molar-refractivity contribution >= 4 is 33.7 Å². The highest BCUT2D eigenvalue weighted by molar-refractivity contribution is 6.22. The van der Waals surface area contributed by atoms with Crippen LogP contribution < -0.4 is 10.6 Å². The van der Waals surface area contributed by atoms with E-state index in [0.29, 0.717) is 17.0 Å². The van der Waals surface area contributed by atoms with Crippen molar-refractivity contribution in [3.05, 3.63) is 83.9 Å². The Morgan fingerprint density at radius 3 is 2.45 bits per heavy atom. The fourth-order valence-electron chi connectivity index (χ4n) is 3.98. The maximum absolute atomic E-state index is 10.8. The van der Waals surface area contributed by atoms with Crippen LogP contribution >= 0.6 is 0 Å². The Kier molecular flexibility index (Phi) is 5.06. The van der Waals surface area contributed by atoms with Crippen molar-refractivity contribution in [3.8, 4) is 5.88 Å². The number of hydrogen-bond acceptors (Lipinski definition) is 5. The van der Waals surface area contributed by atoms with Gasteiger partial charge in [-0.25, -0.2) is 4.99 Å². The summed E-state index contributed by atoms with van der Waals surface area (Å²) in [4.78, 5) is 10.3. The van der Waals surface area contributed by atoms with Gasteiger partial charge in [0.15, 0.2) is 5.88 Å². The first-order valence-corrected chi connectivity index (χ1v) is 10.4. The summed E-state index contributed by atoms with van der Waals surface area (Å²) in [6.45, 7) is 3.28. The molecule has 1 saturated heterocycles. The summed E-state index contributed by atoms with van der Waals surface area (Å²) in [5.41, 5.74) is 11.7. The molecule has 5 rings (SSSR count). The summed E-state index contributed by atoms with van der Waals surface area (Å²) in [6.07, 6.45) is 0. The quantitative estimate of drug-likeness (QED) is 0.341. The lowest BCUT2D eigenvalue weighted by molar-refractivity contribution is 0.122. The topological polar surface area (TPSA) is 86.9 Å². The number of nitrogens with one attached hydrogen (secondary N) is 1. The first kappa shape index (κ1) is 19.2. The molecule has 4 aromatic rings. The van der Waals surface area contributed by atoms with Crippen molar-refractivity contribution in [2.75, 3.05) is 36.9 Å². The molecule has 2 heterocycles. The summed E-state index contributed by atoms with van der Waals surface area (Å²) >= 11 is 0. The number of aromatic nitrogens is 1. The number of aromatic hydroxyl groups is 1. The van der Waals surface area contributed by atoms with Crippen LogP contribution in [0.25, 0.3) is 10.9 Å². The Hall–Kier alpha value is -3.77. The van der Waals surface area contributed by atoms with Gasteiger partial charge in [0.05, 0.1) is 30.2 Å². The number of morpholine rings is 1. The summed E-state index contributed by atoms with van der Waals surface area (Å²) in [5, 5.41) is 11.6. The van der Waals surface area contributed by atoms with Crippen molar-refractivity contribution in [2.45, 2.75) is 0 Å². The number of nitrogens with zero attached hydrogens (tertiary/aromatic N) is 2. The molecule has 0 radical (unpaired) electrons. The molecule has 4 N–H and O–H groups in total. The van der Waals surface area contributed by atoms with Crippen molar-refractivity contribution < 1.29 is 9.84 Å². The van der Waals surface area contributed by atoms with E-state index in [2.05, 4.69) is 22.0 Å². The van der Waals surface area contributed by atoms with E-state index in [1.54, 1.807) is 0 Å². The van der Waals surface area contributed by atoms with Crippen LogP contribution in [0.15, 0.2) is 77.8 Å². The zero-order valence-corrected chi connectivity index (χ0v) is 17.1. The molecule has 0 unspecified atom stereocenters. The first-order chi connectivity index (χ1) is 15.2. The number of aromatic amines is 1. The molecule has 0 amide bonds. The smallest absolute Gasteiger partial charge is 0.199 e. The summed E-state index contributed by atoms with van der Waals surface area (Å²) in [6, 6.07) is 23.6. The molecule has 0 bridgehead atoms. The number of rotatable bonds is 4. The molecule has 0 aliphatic carbocycles. The molecule has 1 aromatic heterocycles. The van der Waals surface area contributed by atoms with Gasteiger partial charge in [0.25, 0.3) is 0 Å².